The van der Waals surface area contributed by atoms with Crippen LogP contribution in [0.15, 0.2) is 47.1 Å². The molecule has 116 valence electrons. The van der Waals surface area contributed by atoms with Crippen molar-refractivity contribution in [1.82, 2.24) is 4.57 Å². The normalized spacial score (nSPS) is 10.9. The Morgan fingerprint density at radius 2 is 1.96 bits per heavy atom. The van der Waals surface area contributed by atoms with Crippen LogP contribution in [0.5, 0.6) is 0 Å². The minimum atomic E-state index is -0.390. The molecule has 0 radical (unpaired) electrons. The molecule has 0 aliphatic heterocycles. The van der Waals surface area contributed by atoms with Crippen molar-refractivity contribution >= 4 is 38.4 Å². The number of nitro groups is 1. The van der Waals surface area contributed by atoms with Gasteiger partial charge in [0.1, 0.15) is 0 Å². The molecule has 5 nitrogen and oxygen atoms in total. The molecule has 3 aromatic rings. The van der Waals surface area contributed by atoms with Crippen LogP contribution in [-0.4, -0.2) is 15.4 Å². The first-order valence-corrected chi connectivity index (χ1v) is 7.75. The molecule has 0 N–H and O–H groups in total. The monoisotopic (exact) mass is 372 g/mol. The van der Waals surface area contributed by atoms with E-state index in [2.05, 4.69) is 15.9 Å². The molecule has 0 spiro atoms. The van der Waals surface area contributed by atoms with E-state index in [1.165, 1.54) is 13.0 Å². The summed E-state index contributed by atoms with van der Waals surface area (Å²) in [5, 5.41) is 12.0. The Bertz CT molecular complexity index is 960. The van der Waals surface area contributed by atoms with E-state index in [9.17, 15) is 14.9 Å². The van der Waals surface area contributed by atoms with Crippen molar-refractivity contribution in [1.29, 1.82) is 0 Å². The summed E-state index contributed by atoms with van der Waals surface area (Å²) in [5.74, 6) is -0.105. The minimum absolute atomic E-state index is 0.0706. The third-order valence-electron chi connectivity index (χ3n) is 3.90. The van der Waals surface area contributed by atoms with Crippen molar-refractivity contribution in [2.24, 2.45) is 0 Å². The summed E-state index contributed by atoms with van der Waals surface area (Å²) >= 11 is 3.44. The first kappa shape index (κ1) is 15.4. The van der Waals surface area contributed by atoms with Crippen LogP contribution in [-0.2, 0) is 0 Å². The zero-order valence-electron chi connectivity index (χ0n) is 12.5. The number of hydrogen-bond acceptors (Lipinski definition) is 3. The molecule has 2 aromatic carbocycles. The van der Waals surface area contributed by atoms with Crippen LogP contribution in [0.3, 0.4) is 0 Å². The largest absolute Gasteiger partial charge is 0.287 e. The van der Waals surface area contributed by atoms with Crippen LogP contribution in [0.4, 0.5) is 5.69 Å². The first-order valence-electron chi connectivity index (χ1n) is 6.96. The highest BCUT2D eigenvalue weighted by Gasteiger charge is 2.19. The molecule has 0 atom stereocenters. The fourth-order valence-electron chi connectivity index (χ4n) is 2.79. The summed E-state index contributed by atoms with van der Waals surface area (Å²) in [6, 6.07) is 10.6. The Morgan fingerprint density at radius 1 is 1.22 bits per heavy atom. The van der Waals surface area contributed by atoms with Crippen molar-refractivity contribution in [3.8, 4) is 11.1 Å². The SMILES string of the molecule is CC(=O)n1cc(-c2cccc([N+](=O)[O-])c2C)c2cc(Br)ccc21. The molecule has 0 saturated carbocycles. The topological polar surface area (TPSA) is 65.1 Å². The number of hydrogen-bond donors (Lipinski definition) is 0. The number of carbonyl (C=O) groups excluding carboxylic acids is 1. The van der Waals surface area contributed by atoms with Gasteiger partial charge in [-0.1, -0.05) is 28.1 Å². The molecule has 3 rings (SSSR count). The van der Waals surface area contributed by atoms with E-state index in [0.29, 0.717) is 5.56 Å². The molecule has 0 amide bonds. The van der Waals surface area contributed by atoms with Crippen molar-refractivity contribution in [2.75, 3.05) is 0 Å². The molecule has 0 saturated heterocycles. The lowest BCUT2D eigenvalue weighted by Crippen LogP contribution is -2.02. The van der Waals surface area contributed by atoms with E-state index in [4.69, 9.17) is 0 Å². The third-order valence-corrected chi connectivity index (χ3v) is 4.39. The van der Waals surface area contributed by atoms with Crippen molar-refractivity contribution in [3.05, 3.63) is 62.7 Å². The third kappa shape index (κ3) is 2.55. The average Bonchev–Trinajstić information content (AvgIpc) is 2.86. The van der Waals surface area contributed by atoms with Gasteiger partial charge in [0.25, 0.3) is 5.69 Å². The van der Waals surface area contributed by atoms with E-state index in [1.807, 2.05) is 24.3 Å². The second-order valence-corrected chi connectivity index (χ2v) is 6.22. The maximum absolute atomic E-state index is 11.9. The van der Waals surface area contributed by atoms with Crippen LogP contribution < -0.4 is 0 Å². The molecule has 1 heterocycles. The number of benzene rings is 2. The molecule has 0 aliphatic rings. The molecule has 0 bridgehead atoms. The van der Waals surface area contributed by atoms with Gasteiger partial charge in [0.2, 0.25) is 5.91 Å². The Kier molecular flexibility index (Phi) is 3.77. The summed E-state index contributed by atoms with van der Waals surface area (Å²) in [7, 11) is 0. The molecular weight excluding hydrogens is 360 g/mol. The lowest BCUT2D eigenvalue weighted by molar-refractivity contribution is -0.385. The number of nitro benzene ring substituents is 1. The summed E-state index contributed by atoms with van der Waals surface area (Å²) in [6.07, 6.45) is 1.74. The standard InChI is InChI=1S/C17H13BrN2O3/c1-10-13(4-3-5-16(10)20(22)23)15-9-19(11(2)21)17-7-6-12(18)8-14(15)17/h3-9H,1-2H3. The van der Waals surface area contributed by atoms with Gasteiger partial charge < -0.3 is 0 Å². The van der Waals surface area contributed by atoms with E-state index in [0.717, 1.165) is 26.5 Å². The van der Waals surface area contributed by atoms with Gasteiger partial charge in [0, 0.05) is 40.2 Å². The average molecular weight is 373 g/mol. The molecule has 6 heteroatoms. The summed E-state index contributed by atoms with van der Waals surface area (Å²) in [6.45, 7) is 3.22. The predicted molar refractivity (Wildman–Crippen MR) is 92.8 cm³/mol. The van der Waals surface area contributed by atoms with Crippen LogP contribution >= 0.6 is 15.9 Å². The number of carbonyl (C=O) groups is 1. The lowest BCUT2D eigenvalue weighted by Gasteiger charge is -2.05. The fraction of sp³-hybridized carbons (Fsp3) is 0.118. The van der Waals surface area contributed by atoms with Gasteiger partial charge in [-0.3, -0.25) is 19.5 Å². The van der Waals surface area contributed by atoms with E-state index < -0.39 is 0 Å². The number of aromatic nitrogens is 1. The molecule has 1 aromatic heterocycles. The lowest BCUT2D eigenvalue weighted by atomic mass is 9.99. The number of fused-ring (bicyclic) bond motifs is 1. The number of rotatable bonds is 2. The summed E-state index contributed by atoms with van der Waals surface area (Å²) in [4.78, 5) is 22.7. The van der Waals surface area contributed by atoms with Gasteiger partial charge in [0.15, 0.2) is 0 Å². The molecule has 0 aliphatic carbocycles. The maximum Gasteiger partial charge on any atom is 0.272 e. The second-order valence-electron chi connectivity index (χ2n) is 5.30. The highest BCUT2D eigenvalue weighted by molar-refractivity contribution is 9.10. The maximum atomic E-state index is 11.9. The molecule has 0 unspecified atom stereocenters. The van der Waals surface area contributed by atoms with E-state index in [1.54, 1.807) is 23.8 Å². The van der Waals surface area contributed by atoms with Crippen LogP contribution in [0.2, 0.25) is 0 Å². The molecule has 23 heavy (non-hydrogen) atoms. The molecular formula is C17H13BrN2O3. The van der Waals surface area contributed by atoms with Gasteiger partial charge in [-0.25, -0.2) is 0 Å². The van der Waals surface area contributed by atoms with Crippen molar-refractivity contribution in [2.45, 2.75) is 13.8 Å². The van der Waals surface area contributed by atoms with Gasteiger partial charge in [-0.05, 0) is 30.7 Å². The van der Waals surface area contributed by atoms with Gasteiger partial charge in [-0.2, -0.15) is 0 Å². The number of halogens is 1. The van der Waals surface area contributed by atoms with Gasteiger partial charge >= 0.3 is 0 Å². The zero-order chi connectivity index (χ0) is 16.7. The van der Waals surface area contributed by atoms with E-state index >= 15 is 0 Å². The van der Waals surface area contributed by atoms with Crippen LogP contribution in [0.25, 0.3) is 22.0 Å². The van der Waals surface area contributed by atoms with Gasteiger partial charge in [0.05, 0.1) is 10.4 Å². The Morgan fingerprint density at radius 3 is 2.61 bits per heavy atom. The highest BCUT2D eigenvalue weighted by atomic mass is 79.9. The number of nitrogens with zero attached hydrogens (tertiary/aromatic N) is 2. The van der Waals surface area contributed by atoms with Crippen molar-refractivity contribution in [3.63, 3.8) is 0 Å². The smallest absolute Gasteiger partial charge is 0.272 e. The minimum Gasteiger partial charge on any atom is -0.287 e. The quantitative estimate of drug-likeness (QED) is 0.472. The molecule has 0 fully saturated rings. The highest BCUT2D eigenvalue weighted by Crippen LogP contribution is 2.36. The second kappa shape index (κ2) is 5.62. The predicted octanol–water partition coefficient (Wildman–Crippen LogP) is 4.95. The Balaban J connectivity index is 2.37. The first-order chi connectivity index (χ1) is 10.9. The van der Waals surface area contributed by atoms with Crippen molar-refractivity contribution < 1.29 is 9.72 Å². The Labute approximate surface area is 140 Å². The summed E-state index contributed by atoms with van der Waals surface area (Å²) < 4.78 is 2.45. The van der Waals surface area contributed by atoms with Crippen LogP contribution in [0, 0.1) is 17.0 Å². The zero-order valence-corrected chi connectivity index (χ0v) is 14.1. The van der Waals surface area contributed by atoms with E-state index in [-0.39, 0.29) is 16.5 Å². The van der Waals surface area contributed by atoms with Crippen LogP contribution in [0.1, 0.15) is 17.3 Å². The Hall–Kier alpha value is -2.47. The summed E-state index contributed by atoms with van der Waals surface area (Å²) in [5.41, 5.74) is 2.99. The fourth-order valence-corrected chi connectivity index (χ4v) is 3.15. The van der Waals surface area contributed by atoms with Gasteiger partial charge in [-0.15, -0.1) is 0 Å².